The first kappa shape index (κ1) is 15.9. The van der Waals surface area contributed by atoms with Crippen LogP contribution in [-0.2, 0) is 6.61 Å². The molecule has 0 atom stereocenters. The highest BCUT2D eigenvalue weighted by atomic mass is 32.1. The number of non-ortho nitro benzene ring substituents is 1. The number of benzene rings is 2. The SMILES string of the molecule is COc1ccc([N+](=O)[O-])cc1OCc1csc(-c2ccccc2)n1. The van der Waals surface area contributed by atoms with Crippen LogP contribution in [0.25, 0.3) is 10.6 Å². The van der Waals surface area contributed by atoms with Crippen molar-refractivity contribution in [3.8, 4) is 22.1 Å². The largest absolute Gasteiger partial charge is 0.493 e. The molecule has 0 amide bonds. The molecule has 0 aliphatic rings. The molecule has 0 saturated heterocycles. The van der Waals surface area contributed by atoms with Gasteiger partial charge in [-0.2, -0.15) is 0 Å². The Morgan fingerprint density at radius 3 is 2.67 bits per heavy atom. The minimum absolute atomic E-state index is 0.0472. The Labute approximate surface area is 142 Å². The van der Waals surface area contributed by atoms with Gasteiger partial charge in [-0.25, -0.2) is 4.98 Å². The Morgan fingerprint density at radius 1 is 1.17 bits per heavy atom. The Hall–Kier alpha value is -2.93. The van der Waals surface area contributed by atoms with Crippen LogP contribution >= 0.6 is 11.3 Å². The lowest BCUT2D eigenvalue weighted by atomic mass is 10.2. The van der Waals surface area contributed by atoms with Crippen molar-refractivity contribution in [2.75, 3.05) is 7.11 Å². The third-order valence-electron chi connectivity index (χ3n) is 3.31. The van der Waals surface area contributed by atoms with Gasteiger partial charge in [-0.15, -0.1) is 11.3 Å². The Bertz CT molecular complexity index is 849. The van der Waals surface area contributed by atoms with E-state index in [-0.39, 0.29) is 12.3 Å². The topological polar surface area (TPSA) is 74.5 Å². The molecule has 0 bridgehead atoms. The summed E-state index contributed by atoms with van der Waals surface area (Å²) in [4.78, 5) is 14.9. The Morgan fingerprint density at radius 2 is 1.96 bits per heavy atom. The van der Waals surface area contributed by atoms with Crippen molar-refractivity contribution in [1.82, 2.24) is 4.98 Å². The molecule has 0 fully saturated rings. The third-order valence-corrected chi connectivity index (χ3v) is 4.25. The number of ether oxygens (including phenoxy) is 2. The summed E-state index contributed by atoms with van der Waals surface area (Å²) >= 11 is 1.53. The molecule has 3 aromatic rings. The van der Waals surface area contributed by atoms with Gasteiger partial charge in [0, 0.05) is 17.0 Å². The number of methoxy groups -OCH3 is 1. The van der Waals surface area contributed by atoms with Crippen LogP contribution in [0.3, 0.4) is 0 Å². The van der Waals surface area contributed by atoms with Crippen molar-refractivity contribution in [2.45, 2.75) is 6.61 Å². The Kier molecular flexibility index (Phi) is 4.72. The smallest absolute Gasteiger partial charge is 0.273 e. The molecule has 0 spiro atoms. The molecular formula is C17H14N2O4S. The monoisotopic (exact) mass is 342 g/mol. The molecule has 24 heavy (non-hydrogen) atoms. The predicted octanol–water partition coefficient (Wildman–Crippen LogP) is 4.31. The number of nitro benzene ring substituents is 1. The van der Waals surface area contributed by atoms with Crippen molar-refractivity contribution in [3.05, 3.63) is 69.7 Å². The summed E-state index contributed by atoms with van der Waals surface area (Å²) in [6.45, 7) is 0.209. The van der Waals surface area contributed by atoms with Gasteiger partial charge < -0.3 is 9.47 Å². The molecule has 0 saturated carbocycles. The number of aromatic nitrogens is 1. The van der Waals surface area contributed by atoms with Crippen LogP contribution < -0.4 is 9.47 Å². The minimum Gasteiger partial charge on any atom is -0.493 e. The van der Waals surface area contributed by atoms with E-state index in [1.54, 1.807) is 0 Å². The number of thiazole rings is 1. The summed E-state index contributed by atoms with van der Waals surface area (Å²) in [5.41, 5.74) is 1.75. The number of nitro groups is 1. The number of hydrogen-bond donors (Lipinski definition) is 0. The van der Waals surface area contributed by atoms with Gasteiger partial charge in [-0.3, -0.25) is 10.1 Å². The molecule has 3 rings (SSSR count). The highest BCUT2D eigenvalue weighted by Crippen LogP contribution is 2.32. The van der Waals surface area contributed by atoms with Gasteiger partial charge in [0.1, 0.15) is 11.6 Å². The standard InChI is InChI=1S/C17H14N2O4S/c1-22-15-8-7-14(19(20)21)9-16(15)23-10-13-11-24-17(18-13)12-5-3-2-4-6-12/h2-9,11H,10H2,1H3. The van der Waals surface area contributed by atoms with E-state index >= 15 is 0 Å². The van der Waals surface area contributed by atoms with E-state index in [9.17, 15) is 10.1 Å². The summed E-state index contributed by atoms with van der Waals surface area (Å²) in [5, 5.41) is 13.7. The van der Waals surface area contributed by atoms with E-state index in [2.05, 4.69) is 4.98 Å². The summed E-state index contributed by atoms with van der Waals surface area (Å²) in [5.74, 6) is 0.764. The van der Waals surface area contributed by atoms with Crippen molar-refractivity contribution >= 4 is 17.0 Å². The first-order valence-corrected chi connectivity index (χ1v) is 8.00. The van der Waals surface area contributed by atoms with Gasteiger partial charge >= 0.3 is 0 Å². The number of nitrogens with zero attached hydrogens (tertiary/aromatic N) is 2. The van der Waals surface area contributed by atoms with Gasteiger partial charge in [0.2, 0.25) is 0 Å². The fraction of sp³-hybridized carbons (Fsp3) is 0.118. The average Bonchev–Trinajstić information content (AvgIpc) is 3.09. The van der Waals surface area contributed by atoms with Crippen LogP contribution in [-0.4, -0.2) is 17.0 Å². The zero-order chi connectivity index (χ0) is 16.9. The van der Waals surface area contributed by atoms with Crippen LogP contribution in [0.2, 0.25) is 0 Å². The molecule has 6 nitrogen and oxygen atoms in total. The number of rotatable bonds is 6. The van der Waals surface area contributed by atoms with Crippen LogP contribution in [0.5, 0.6) is 11.5 Å². The second-order valence-corrected chi connectivity index (χ2v) is 5.75. The fourth-order valence-electron chi connectivity index (χ4n) is 2.13. The molecule has 2 aromatic carbocycles. The first-order chi connectivity index (χ1) is 11.7. The Balaban J connectivity index is 1.75. The van der Waals surface area contributed by atoms with Gasteiger partial charge in [0.05, 0.1) is 23.8 Å². The minimum atomic E-state index is -0.470. The van der Waals surface area contributed by atoms with Crippen LogP contribution in [0.4, 0.5) is 5.69 Å². The second-order valence-electron chi connectivity index (χ2n) is 4.89. The predicted molar refractivity (Wildman–Crippen MR) is 91.5 cm³/mol. The lowest BCUT2D eigenvalue weighted by Crippen LogP contribution is -1.99. The molecule has 122 valence electrons. The van der Waals surface area contributed by atoms with E-state index in [1.165, 1.54) is 36.6 Å². The molecule has 0 aliphatic heterocycles. The highest BCUT2D eigenvalue weighted by molar-refractivity contribution is 7.13. The maximum absolute atomic E-state index is 10.9. The van der Waals surface area contributed by atoms with Crippen molar-refractivity contribution in [2.24, 2.45) is 0 Å². The molecule has 1 aromatic heterocycles. The summed E-state index contributed by atoms with van der Waals surface area (Å²) in [6, 6.07) is 14.1. The van der Waals surface area contributed by atoms with Gasteiger partial charge in [0.25, 0.3) is 5.69 Å². The fourth-order valence-corrected chi connectivity index (χ4v) is 2.94. The van der Waals surface area contributed by atoms with Crippen molar-refractivity contribution < 1.29 is 14.4 Å². The maximum Gasteiger partial charge on any atom is 0.273 e. The quantitative estimate of drug-likeness (QED) is 0.493. The lowest BCUT2D eigenvalue weighted by molar-refractivity contribution is -0.385. The van der Waals surface area contributed by atoms with Crippen LogP contribution in [0, 0.1) is 10.1 Å². The zero-order valence-electron chi connectivity index (χ0n) is 12.8. The first-order valence-electron chi connectivity index (χ1n) is 7.12. The van der Waals surface area contributed by atoms with Gasteiger partial charge in [-0.1, -0.05) is 30.3 Å². The van der Waals surface area contributed by atoms with E-state index in [0.29, 0.717) is 11.5 Å². The normalized spacial score (nSPS) is 10.4. The molecule has 0 N–H and O–H groups in total. The van der Waals surface area contributed by atoms with E-state index in [4.69, 9.17) is 9.47 Å². The van der Waals surface area contributed by atoms with Crippen LogP contribution in [0.15, 0.2) is 53.9 Å². The molecule has 0 radical (unpaired) electrons. The molecule has 1 heterocycles. The van der Waals surface area contributed by atoms with E-state index in [0.717, 1.165) is 16.3 Å². The van der Waals surface area contributed by atoms with Crippen molar-refractivity contribution in [3.63, 3.8) is 0 Å². The lowest BCUT2D eigenvalue weighted by Gasteiger charge is -2.09. The number of hydrogen-bond acceptors (Lipinski definition) is 6. The third kappa shape index (κ3) is 3.52. The van der Waals surface area contributed by atoms with Gasteiger partial charge in [0.15, 0.2) is 11.5 Å². The van der Waals surface area contributed by atoms with Crippen molar-refractivity contribution in [1.29, 1.82) is 0 Å². The summed E-state index contributed by atoms with van der Waals surface area (Å²) < 4.78 is 10.8. The summed E-state index contributed by atoms with van der Waals surface area (Å²) in [6.07, 6.45) is 0. The molecule has 7 heteroatoms. The van der Waals surface area contributed by atoms with E-state index in [1.807, 2.05) is 35.7 Å². The second kappa shape index (κ2) is 7.10. The molecule has 0 unspecified atom stereocenters. The highest BCUT2D eigenvalue weighted by Gasteiger charge is 2.13. The maximum atomic E-state index is 10.9. The molecular weight excluding hydrogens is 328 g/mol. The van der Waals surface area contributed by atoms with Crippen LogP contribution in [0.1, 0.15) is 5.69 Å². The van der Waals surface area contributed by atoms with E-state index < -0.39 is 4.92 Å². The zero-order valence-corrected chi connectivity index (χ0v) is 13.7. The summed E-state index contributed by atoms with van der Waals surface area (Å²) in [7, 11) is 1.49. The average molecular weight is 342 g/mol. The molecule has 0 aliphatic carbocycles. The van der Waals surface area contributed by atoms with Gasteiger partial charge in [-0.05, 0) is 6.07 Å².